The van der Waals surface area contributed by atoms with E-state index in [0.717, 1.165) is 16.7 Å². The second kappa shape index (κ2) is 2.32. The summed E-state index contributed by atoms with van der Waals surface area (Å²) in [6.07, 6.45) is 3.37. The molecule has 2 rings (SSSR count). The molecule has 11 heavy (non-hydrogen) atoms. The fourth-order valence-electron chi connectivity index (χ4n) is 1.07. The van der Waals surface area contributed by atoms with E-state index >= 15 is 0 Å². The van der Waals surface area contributed by atoms with Gasteiger partial charge in [-0.2, -0.15) is 0 Å². The van der Waals surface area contributed by atoms with Gasteiger partial charge in [-0.3, -0.25) is 4.98 Å². The Kier molecular flexibility index (Phi) is 1.33. The van der Waals surface area contributed by atoms with Gasteiger partial charge < -0.3 is 10.7 Å². The molecule has 0 aliphatic heterocycles. The quantitative estimate of drug-likeness (QED) is 0.615. The number of hydrogen-bond acceptors (Lipinski definition) is 3. The monoisotopic (exact) mass is 148 g/mol. The van der Waals surface area contributed by atoms with Crippen LogP contribution in [0.5, 0.6) is 0 Å². The van der Waals surface area contributed by atoms with Gasteiger partial charge in [-0.05, 0) is 6.07 Å². The van der Waals surface area contributed by atoms with E-state index in [-0.39, 0.29) is 0 Å². The summed E-state index contributed by atoms with van der Waals surface area (Å²) in [5.41, 5.74) is 8.15. The van der Waals surface area contributed by atoms with E-state index in [1.54, 1.807) is 12.5 Å². The van der Waals surface area contributed by atoms with Gasteiger partial charge in [0.05, 0.1) is 17.5 Å². The standard InChI is InChI=1S/C7H8N4/c8-3-6-7-5(1-2-9-6)10-4-11-7/h1-2,4H,3,8H2,(H,10,11). The lowest BCUT2D eigenvalue weighted by Gasteiger charge is -1.94. The summed E-state index contributed by atoms with van der Waals surface area (Å²) in [7, 11) is 0. The molecule has 0 spiro atoms. The number of aromatic amines is 1. The molecule has 2 aromatic heterocycles. The zero-order valence-electron chi connectivity index (χ0n) is 5.91. The van der Waals surface area contributed by atoms with E-state index in [1.807, 2.05) is 6.07 Å². The predicted molar refractivity (Wildman–Crippen MR) is 41.8 cm³/mol. The first-order chi connectivity index (χ1) is 5.42. The van der Waals surface area contributed by atoms with Crippen LogP contribution in [0.1, 0.15) is 5.69 Å². The number of aromatic nitrogens is 3. The highest BCUT2D eigenvalue weighted by Gasteiger charge is 2.00. The molecule has 0 atom stereocenters. The number of hydrogen-bond donors (Lipinski definition) is 2. The van der Waals surface area contributed by atoms with Crippen molar-refractivity contribution in [1.29, 1.82) is 0 Å². The van der Waals surface area contributed by atoms with Crippen molar-refractivity contribution >= 4 is 11.0 Å². The third-order valence-corrected chi connectivity index (χ3v) is 1.61. The van der Waals surface area contributed by atoms with Crippen LogP contribution in [0.3, 0.4) is 0 Å². The molecule has 3 N–H and O–H groups in total. The van der Waals surface area contributed by atoms with Crippen molar-refractivity contribution in [3.63, 3.8) is 0 Å². The Morgan fingerprint density at radius 3 is 3.18 bits per heavy atom. The molecule has 0 bridgehead atoms. The maximum absolute atomic E-state index is 5.46. The molecule has 0 aliphatic rings. The third-order valence-electron chi connectivity index (χ3n) is 1.61. The second-order valence-electron chi connectivity index (χ2n) is 2.26. The molecule has 4 heteroatoms. The van der Waals surface area contributed by atoms with E-state index in [4.69, 9.17) is 5.73 Å². The number of fused-ring (bicyclic) bond motifs is 1. The Labute approximate surface area is 63.5 Å². The minimum Gasteiger partial charge on any atom is -0.344 e. The number of nitrogens with zero attached hydrogens (tertiary/aromatic N) is 2. The van der Waals surface area contributed by atoms with Crippen molar-refractivity contribution in [3.05, 3.63) is 24.3 Å². The number of pyridine rings is 1. The molecule has 4 nitrogen and oxygen atoms in total. The van der Waals surface area contributed by atoms with Crippen molar-refractivity contribution in [2.45, 2.75) is 6.54 Å². The summed E-state index contributed by atoms with van der Waals surface area (Å²) in [4.78, 5) is 11.2. The van der Waals surface area contributed by atoms with Crippen LogP contribution in [0.4, 0.5) is 0 Å². The highest BCUT2D eigenvalue weighted by atomic mass is 14.9. The van der Waals surface area contributed by atoms with Crippen LogP contribution in [-0.4, -0.2) is 15.0 Å². The number of nitrogens with two attached hydrogens (primary N) is 1. The number of imidazole rings is 1. The summed E-state index contributed by atoms with van der Waals surface area (Å²) >= 11 is 0. The van der Waals surface area contributed by atoms with Gasteiger partial charge in [-0.15, -0.1) is 0 Å². The van der Waals surface area contributed by atoms with Gasteiger partial charge in [0.15, 0.2) is 0 Å². The first-order valence-electron chi connectivity index (χ1n) is 3.39. The van der Waals surface area contributed by atoms with Crippen molar-refractivity contribution < 1.29 is 0 Å². The van der Waals surface area contributed by atoms with E-state index in [0.29, 0.717) is 6.54 Å². The lowest BCUT2D eigenvalue weighted by Crippen LogP contribution is -1.99. The minimum atomic E-state index is 0.433. The largest absolute Gasteiger partial charge is 0.344 e. The zero-order valence-corrected chi connectivity index (χ0v) is 5.91. The first-order valence-corrected chi connectivity index (χ1v) is 3.39. The average molecular weight is 148 g/mol. The Bertz CT molecular complexity index is 365. The number of rotatable bonds is 1. The number of H-pyrrole nitrogens is 1. The molecule has 0 unspecified atom stereocenters. The van der Waals surface area contributed by atoms with Crippen LogP contribution in [0, 0.1) is 0 Å². The molecule has 56 valence electrons. The predicted octanol–water partition coefficient (Wildman–Crippen LogP) is 0.417. The Hall–Kier alpha value is -1.42. The van der Waals surface area contributed by atoms with Gasteiger partial charge in [-0.25, -0.2) is 4.98 Å². The fraction of sp³-hybridized carbons (Fsp3) is 0.143. The second-order valence-corrected chi connectivity index (χ2v) is 2.26. The molecule has 0 saturated carbocycles. The normalized spacial score (nSPS) is 10.6. The fourth-order valence-corrected chi connectivity index (χ4v) is 1.07. The summed E-state index contributed by atoms with van der Waals surface area (Å²) in [6, 6.07) is 1.88. The lowest BCUT2D eigenvalue weighted by molar-refractivity contribution is 1.00. The molecule has 2 aromatic rings. The third kappa shape index (κ3) is 0.877. The summed E-state index contributed by atoms with van der Waals surface area (Å²) in [5, 5.41) is 0. The van der Waals surface area contributed by atoms with Gasteiger partial charge >= 0.3 is 0 Å². The van der Waals surface area contributed by atoms with E-state index in [2.05, 4.69) is 15.0 Å². The first kappa shape index (κ1) is 6.30. The Morgan fingerprint density at radius 1 is 1.45 bits per heavy atom. The van der Waals surface area contributed by atoms with Crippen molar-refractivity contribution in [2.24, 2.45) is 5.73 Å². The summed E-state index contributed by atoms with van der Waals surface area (Å²) in [5.74, 6) is 0. The van der Waals surface area contributed by atoms with E-state index in [1.165, 1.54) is 0 Å². The van der Waals surface area contributed by atoms with Gasteiger partial charge in [0.1, 0.15) is 5.52 Å². The molecular formula is C7H8N4. The molecule has 0 amide bonds. The average Bonchev–Trinajstić information content (AvgIpc) is 2.50. The van der Waals surface area contributed by atoms with Crippen molar-refractivity contribution in [3.8, 4) is 0 Å². The Morgan fingerprint density at radius 2 is 2.36 bits per heavy atom. The molecule has 0 saturated heterocycles. The topological polar surface area (TPSA) is 67.6 Å². The SMILES string of the molecule is NCc1nccc2[nH]cnc12. The minimum absolute atomic E-state index is 0.433. The van der Waals surface area contributed by atoms with E-state index in [9.17, 15) is 0 Å². The molecular weight excluding hydrogens is 140 g/mol. The van der Waals surface area contributed by atoms with Crippen molar-refractivity contribution in [2.75, 3.05) is 0 Å². The van der Waals surface area contributed by atoms with Crippen molar-refractivity contribution in [1.82, 2.24) is 15.0 Å². The van der Waals surface area contributed by atoms with Crippen LogP contribution in [-0.2, 0) is 6.54 Å². The highest BCUT2D eigenvalue weighted by molar-refractivity contribution is 5.76. The molecule has 0 radical (unpaired) electrons. The summed E-state index contributed by atoms with van der Waals surface area (Å²) < 4.78 is 0. The van der Waals surface area contributed by atoms with E-state index < -0.39 is 0 Å². The van der Waals surface area contributed by atoms with Gasteiger partial charge in [0.25, 0.3) is 0 Å². The lowest BCUT2D eigenvalue weighted by atomic mass is 10.3. The molecule has 0 aliphatic carbocycles. The van der Waals surface area contributed by atoms with Crippen LogP contribution in [0.25, 0.3) is 11.0 Å². The van der Waals surface area contributed by atoms with Crippen LogP contribution in [0.15, 0.2) is 18.6 Å². The molecule has 0 aromatic carbocycles. The smallest absolute Gasteiger partial charge is 0.111 e. The van der Waals surface area contributed by atoms with Crippen LogP contribution >= 0.6 is 0 Å². The molecule has 2 heterocycles. The highest BCUT2D eigenvalue weighted by Crippen LogP contribution is 2.10. The number of nitrogens with one attached hydrogen (secondary N) is 1. The maximum atomic E-state index is 5.46. The van der Waals surface area contributed by atoms with Gasteiger partial charge in [-0.1, -0.05) is 0 Å². The van der Waals surface area contributed by atoms with Crippen LogP contribution < -0.4 is 5.73 Å². The van der Waals surface area contributed by atoms with Gasteiger partial charge in [0, 0.05) is 12.7 Å². The maximum Gasteiger partial charge on any atom is 0.111 e. The van der Waals surface area contributed by atoms with Crippen LogP contribution in [0.2, 0.25) is 0 Å². The molecule has 0 fully saturated rings. The zero-order chi connectivity index (χ0) is 7.68. The summed E-state index contributed by atoms with van der Waals surface area (Å²) in [6.45, 7) is 0.433. The van der Waals surface area contributed by atoms with Gasteiger partial charge in [0.2, 0.25) is 0 Å². The Balaban J connectivity index is 2.79.